The van der Waals surface area contributed by atoms with Crippen molar-refractivity contribution in [1.29, 1.82) is 0 Å². The number of sulfonamides is 1. The van der Waals surface area contributed by atoms with E-state index in [-0.39, 0.29) is 24.6 Å². The minimum absolute atomic E-state index is 0.0763. The molecular formula is C20H22ClN3O5S. The van der Waals surface area contributed by atoms with Gasteiger partial charge in [0.25, 0.3) is 0 Å². The van der Waals surface area contributed by atoms with Crippen molar-refractivity contribution in [3.05, 3.63) is 65.2 Å². The molecule has 0 saturated carbocycles. The van der Waals surface area contributed by atoms with E-state index in [1.54, 1.807) is 0 Å². The van der Waals surface area contributed by atoms with Crippen LogP contribution in [-0.2, 0) is 30.8 Å². The molecule has 2 amide bonds. The van der Waals surface area contributed by atoms with Crippen LogP contribution in [0, 0.1) is 0 Å². The molecule has 1 aliphatic rings. The molecule has 0 aromatic heterocycles. The number of ether oxygens (including phenoxy) is 1. The number of hydrogen-bond donors (Lipinski definition) is 2. The lowest BCUT2D eigenvalue weighted by atomic mass is 10.1. The molecule has 1 saturated heterocycles. The molecule has 3 rings (SSSR count). The van der Waals surface area contributed by atoms with Gasteiger partial charge in [0, 0.05) is 18.1 Å². The van der Waals surface area contributed by atoms with Crippen molar-refractivity contribution in [2.75, 3.05) is 26.2 Å². The van der Waals surface area contributed by atoms with Gasteiger partial charge in [0.1, 0.15) is 6.23 Å². The lowest BCUT2D eigenvalue weighted by Crippen LogP contribution is -2.47. The minimum atomic E-state index is -3.82. The van der Waals surface area contributed by atoms with Gasteiger partial charge in [-0.3, -0.25) is 9.59 Å². The second kappa shape index (κ2) is 10.0. The Morgan fingerprint density at radius 1 is 1.03 bits per heavy atom. The molecule has 2 aromatic rings. The number of carbonyl (C=O) groups excluding carboxylic acids is 2. The Morgan fingerprint density at radius 3 is 2.40 bits per heavy atom. The first-order chi connectivity index (χ1) is 14.4. The zero-order valence-electron chi connectivity index (χ0n) is 16.1. The van der Waals surface area contributed by atoms with Crippen LogP contribution in [0.3, 0.4) is 0 Å². The number of amides is 2. The molecule has 0 spiro atoms. The summed E-state index contributed by atoms with van der Waals surface area (Å²) in [6, 6.07) is 15.3. The van der Waals surface area contributed by atoms with Gasteiger partial charge in [-0.2, -0.15) is 4.31 Å². The monoisotopic (exact) mass is 451 g/mol. The van der Waals surface area contributed by atoms with E-state index in [2.05, 4.69) is 10.6 Å². The maximum absolute atomic E-state index is 12.8. The van der Waals surface area contributed by atoms with Crippen LogP contribution in [0.2, 0.25) is 5.02 Å². The number of nitrogens with one attached hydrogen (secondary N) is 2. The summed E-state index contributed by atoms with van der Waals surface area (Å²) in [4.78, 5) is 24.1. The fraction of sp³-hybridized carbons (Fsp3) is 0.300. The quantitative estimate of drug-likeness (QED) is 0.615. The van der Waals surface area contributed by atoms with E-state index >= 15 is 0 Å². The predicted octanol–water partition coefficient (Wildman–Crippen LogP) is 1.16. The van der Waals surface area contributed by atoms with E-state index in [9.17, 15) is 18.0 Å². The van der Waals surface area contributed by atoms with E-state index < -0.39 is 28.1 Å². The van der Waals surface area contributed by atoms with Crippen LogP contribution < -0.4 is 10.6 Å². The Kier molecular flexibility index (Phi) is 7.43. The smallest absolute Gasteiger partial charge is 0.309 e. The van der Waals surface area contributed by atoms with E-state index in [0.29, 0.717) is 18.0 Å². The number of carbonyl (C=O) groups is 2. The second-order valence-electron chi connectivity index (χ2n) is 6.60. The van der Waals surface area contributed by atoms with Crippen molar-refractivity contribution in [2.45, 2.75) is 17.5 Å². The van der Waals surface area contributed by atoms with Gasteiger partial charge in [-0.25, -0.2) is 8.42 Å². The van der Waals surface area contributed by atoms with Gasteiger partial charge in [-0.1, -0.05) is 41.9 Å². The Labute approximate surface area is 180 Å². The molecular weight excluding hydrogens is 430 g/mol. The van der Waals surface area contributed by atoms with Crippen molar-refractivity contribution in [1.82, 2.24) is 14.9 Å². The molecule has 2 aromatic carbocycles. The number of hydrogen-bond acceptors (Lipinski definition) is 5. The standard InChI is InChI=1S/C20H22ClN3O5S/c21-16-6-8-17(9-7-16)30(27,28)24-12-13-29-18(24)14-23-20(26)19(25)22-11-10-15-4-2-1-3-5-15/h1-9,18H,10-14H2,(H,22,25)(H,23,26)/t18-/m1/s1. The molecule has 1 heterocycles. The zero-order valence-corrected chi connectivity index (χ0v) is 17.7. The van der Waals surface area contributed by atoms with Gasteiger partial charge in [0.2, 0.25) is 10.0 Å². The number of benzene rings is 2. The maximum atomic E-state index is 12.8. The number of halogens is 1. The summed E-state index contributed by atoms with van der Waals surface area (Å²) in [5.74, 6) is -1.63. The molecule has 2 N–H and O–H groups in total. The van der Waals surface area contributed by atoms with Crippen LogP contribution in [-0.4, -0.2) is 57.0 Å². The predicted molar refractivity (Wildman–Crippen MR) is 111 cm³/mol. The van der Waals surface area contributed by atoms with E-state index in [1.165, 1.54) is 24.3 Å². The van der Waals surface area contributed by atoms with E-state index in [0.717, 1.165) is 9.87 Å². The second-order valence-corrected chi connectivity index (χ2v) is 8.92. The SMILES string of the molecule is O=C(NCCc1ccccc1)C(=O)NC[C@H]1OCCN1S(=O)(=O)c1ccc(Cl)cc1. The first kappa shape index (κ1) is 22.2. The summed E-state index contributed by atoms with van der Waals surface area (Å²) < 4.78 is 32.2. The molecule has 30 heavy (non-hydrogen) atoms. The Balaban J connectivity index is 1.50. The number of nitrogens with zero attached hydrogens (tertiary/aromatic N) is 1. The van der Waals surface area contributed by atoms with E-state index in [1.807, 2.05) is 30.3 Å². The number of rotatable bonds is 7. The van der Waals surface area contributed by atoms with Crippen LogP contribution in [0.15, 0.2) is 59.5 Å². The summed E-state index contributed by atoms with van der Waals surface area (Å²) in [5.41, 5.74) is 1.04. The fourth-order valence-corrected chi connectivity index (χ4v) is 4.63. The molecule has 1 atom stereocenters. The van der Waals surface area contributed by atoms with Crippen molar-refractivity contribution in [3.63, 3.8) is 0 Å². The third-order valence-electron chi connectivity index (χ3n) is 4.55. The van der Waals surface area contributed by atoms with Gasteiger partial charge < -0.3 is 15.4 Å². The van der Waals surface area contributed by atoms with Crippen molar-refractivity contribution in [3.8, 4) is 0 Å². The molecule has 8 nitrogen and oxygen atoms in total. The summed E-state index contributed by atoms with van der Waals surface area (Å²) in [6.07, 6.45) is -0.301. The van der Waals surface area contributed by atoms with Gasteiger partial charge in [-0.15, -0.1) is 0 Å². The van der Waals surface area contributed by atoms with Crippen molar-refractivity contribution in [2.24, 2.45) is 0 Å². The molecule has 160 valence electrons. The third-order valence-corrected chi connectivity index (χ3v) is 6.70. The first-order valence-electron chi connectivity index (χ1n) is 9.37. The average Bonchev–Trinajstić information content (AvgIpc) is 3.22. The summed E-state index contributed by atoms with van der Waals surface area (Å²) in [5, 5.41) is 5.40. The van der Waals surface area contributed by atoms with Crippen molar-refractivity contribution >= 4 is 33.4 Å². The largest absolute Gasteiger partial charge is 0.359 e. The Morgan fingerprint density at radius 2 is 1.70 bits per heavy atom. The lowest BCUT2D eigenvalue weighted by molar-refractivity contribution is -0.139. The maximum Gasteiger partial charge on any atom is 0.309 e. The topological polar surface area (TPSA) is 105 Å². The highest BCUT2D eigenvalue weighted by atomic mass is 35.5. The summed E-state index contributed by atoms with van der Waals surface area (Å²) in [6.45, 7) is 0.510. The van der Waals surface area contributed by atoms with Gasteiger partial charge >= 0.3 is 11.8 Å². The minimum Gasteiger partial charge on any atom is -0.359 e. The first-order valence-corrected chi connectivity index (χ1v) is 11.2. The molecule has 1 fully saturated rings. The molecule has 10 heteroatoms. The average molecular weight is 452 g/mol. The van der Waals surface area contributed by atoms with Crippen LogP contribution in [0.25, 0.3) is 0 Å². The Bertz CT molecular complexity index is 983. The molecule has 0 aliphatic carbocycles. The summed E-state index contributed by atoms with van der Waals surface area (Å²) >= 11 is 5.82. The fourth-order valence-electron chi connectivity index (χ4n) is 2.99. The normalized spacial score (nSPS) is 16.9. The highest BCUT2D eigenvalue weighted by molar-refractivity contribution is 7.89. The van der Waals surface area contributed by atoms with Crippen molar-refractivity contribution < 1.29 is 22.7 Å². The summed E-state index contributed by atoms with van der Waals surface area (Å²) in [7, 11) is -3.82. The van der Waals surface area contributed by atoms with Gasteiger partial charge in [0.05, 0.1) is 18.0 Å². The highest BCUT2D eigenvalue weighted by Crippen LogP contribution is 2.23. The van der Waals surface area contributed by atoms with Crippen LogP contribution >= 0.6 is 11.6 Å². The molecule has 0 unspecified atom stereocenters. The molecule has 0 bridgehead atoms. The molecule has 0 radical (unpaired) electrons. The zero-order chi connectivity index (χ0) is 21.6. The third kappa shape index (κ3) is 5.57. The van der Waals surface area contributed by atoms with Crippen LogP contribution in [0.4, 0.5) is 0 Å². The molecule has 1 aliphatic heterocycles. The van der Waals surface area contributed by atoms with Crippen LogP contribution in [0.1, 0.15) is 5.56 Å². The van der Waals surface area contributed by atoms with Gasteiger partial charge in [-0.05, 0) is 36.2 Å². The van der Waals surface area contributed by atoms with Crippen LogP contribution in [0.5, 0.6) is 0 Å². The highest BCUT2D eigenvalue weighted by Gasteiger charge is 2.36. The van der Waals surface area contributed by atoms with Gasteiger partial charge in [0.15, 0.2) is 0 Å². The van der Waals surface area contributed by atoms with E-state index in [4.69, 9.17) is 16.3 Å². The lowest BCUT2D eigenvalue weighted by Gasteiger charge is -2.22. The Hall–Kier alpha value is -2.46.